The molecule has 3 aromatic carbocycles. The quantitative estimate of drug-likeness (QED) is 0.242. The standard InChI is InChI=1S/C23H20IN3O4S/c1-30-20-12-9-17(13-19(20)24)22(29)25-23(32)27-26-21(28)14-31-18-10-7-16(8-11-18)15-5-3-2-4-6-15/h2-13H,14H2,1H3,(H,26,28)(H2,25,27,29,32). The minimum atomic E-state index is -0.451. The molecule has 164 valence electrons. The second kappa shape index (κ2) is 11.4. The van der Waals surface area contributed by atoms with E-state index < -0.39 is 11.8 Å². The molecule has 0 aliphatic rings. The molecule has 0 saturated carbocycles. The smallest absolute Gasteiger partial charge is 0.276 e. The van der Waals surface area contributed by atoms with E-state index in [1.807, 2.05) is 42.5 Å². The number of methoxy groups -OCH3 is 1. The zero-order valence-electron chi connectivity index (χ0n) is 17.1. The van der Waals surface area contributed by atoms with E-state index in [0.717, 1.165) is 14.7 Å². The van der Waals surface area contributed by atoms with Gasteiger partial charge in [0.1, 0.15) is 11.5 Å². The van der Waals surface area contributed by atoms with Crippen LogP contribution in [0.1, 0.15) is 10.4 Å². The fourth-order valence-corrected chi connectivity index (χ4v) is 3.58. The molecule has 32 heavy (non-hydrogen) atoms. The van der Waals surface area contributed by atoms with E-state index in [2.05, 4.69) is 38.8 Å². The van der Waals surface area contributed by atoms with Crippen LogP contribution in [0.25, 0.3) is 11.1 Å². The average molecular weight is 561 g/mol. The molecule has 0 radical (unpaired) electrons. The highest BCUT2D eigenvalue weighted by atomic mass is 127. The molecule has 0 bridgehead atoms. The Morgan fingerprint density at radius 2 is 1.62 bits per heavy atom. The molecule has 0 aromatic heterocycles. The average Bonchev–Trinajstić information content (AvgIpc) is 2.82. The predicted octanol–water partition coefficient (Wildman–Crippen LogP) is 3.68. The van der Waals surface area contributed by atoms with Crippen molar-refractivity contribution in [2.24, 2.45) is 0 Å². The SMILES string of the molecule is COc1ccc(C(=O)NC(=S)NNC(=O)COc2ccc(-c3ccccc3)cc2)cc1I. The van der Waals surface area contributed by atoms with Crippen LogP contribution >= 0.6 is 34.8 Å². The summed E-state index contributed by atoms with van der Waals surface area (Å²) in [4.78, 5) is 24.3. The van der Waals surface area contributed by atoms with Crippen molar-refractivity contribution in [3.05, 3.63) is 81.9 Å². The number of carbonyl (C=O) groups excluding carboxylic acids is 2. The Morgan fingerprint density at radius 3 is 2.28 bits per heavy atom. The molecule has 0 unspecified atom stereocenters. The second-order valence-corrected chi connectivity index (χ2v) is 8.06. The lowest BCUT2D eigenvalue weighted by molar-refractivity contribution is -0.123. The summed E-state index contributed by atoms with van der Waals surface area (Å²) in [7, 11) is 1.56. The number of benzene rings is 3. The summed E-state index contributed by atoms with van der Waals surface area (Å²) in [6, 6.07) is 22.4. The van der Waals surface area contributed by atoms with E-state index in [1.165, 1.54) is 0 Å². The van der Waals surface area contributed by atoms with E-state index >= 15 is 0 Å². The number of amides is 2. The molecule has 0 aliphatic heterocycles. The summed E-state index contributed by atoms with van der Waals surface area (Å²) >= 11 is 7.12. The Hall–Kier alpha value is -3.18. The van der Waals surface area contributed by atoms with Crippen molar-refractivity contribution < 1.29 is 19.1 Å². The van der Waals surface area contributed by atoms with Gasteiger partial charge in [-0.2, -0.15) is 0 Å². The first kappa shape index (κ1) is 23.5. The van der Waals surface area contributed by atoms with Crippen molar-refractivity contribution >= 4 is 51.7 Å². The van der Waals surface area contributed by atoms with Crippen molar-refractivity contribution in [3.8, 4) is 22.6 Å². The molecule has 0 heterocycles. The van der Waals surface area contributed by atoms with Gasteiger partial charge in [-0.3, -0.25) is 25.8 Å². The number of hydrazine groups is 1. The van der Waals surface area contributed by atoms with Crippen LogP contribution in [-0.4, -0.2) is 30.6 Å². The topological polar surface area (TPSA) is 88.7 Å². The Kier molecular flexibility index (Phi) is 8.40. The second-order valence-electron chi connectivity index (χ2n) is 6.48. The van der Waals surface area contributed by atoms with Gasteiger partial charge in [-0.15, -0.1) is 0 Å². The first-order chi connectivity index (χ1) is 15.5. The molecular formula is C23H20IN3O4S. The summed E-state index contributed by atoms with van der Waals surface area (Å²) in [5, 5.41) is 2.45. The normalized spacial score (nSPS) is 10.1. The maximum absolute atomic E-state index is 12.3. The Bertz CT molecular complexity index is 1110. The first-order valence-electron chi connectivity index (χ1n) is 9.48. The number of nitrogens with one attached hydrogen (secondary N) is 3. The van der Waals surface area contributed by atoms with Gasteiger partial charge in [0, 0.05) is 5.56 Å². The van der Waals surface area contributed by atoms with Crippen LogP contribution in [0.15, 0.2) is 72.8 Å². The van der Waals surface area contributed by atoms with Gasteiger partial charge in [0.2, 0.25) is 0 Å². The molecule has 0 fully saturated rings. The molecule has 3 rings (SSSR count). The maximum atomic E-state index is 12.3. The first-order valence-corrected chi connectivity index (χ1v) is 11.0. The number of halogens is 1. The number of carbonyl (C=O) groups is 2. The largest absolute Gasteiger partial charge is 0.496 e. The Labute approximate surface area is 204 Å². The third-order valence-electron chi connectivity index (χ3n) is 4.29. The van der Waals surface area contributed by atoms with Gasteiger partial charge in [-0.05, 0) is 76.3 Å². The van der Waals surface area contributed by atoms with Crippen LogP contribution in [-0.2, 0) is 4.79 Å². The highest BCUT2D eigenvalue weighted by molar-refractivity contribution is 14.1. The van der Waals surface area contributed by atoms with Gasteiger partial charge in [-0.25, -0.2) is 0 Å². The summed E-state index contributed by atoms with van der Waals surface area (Å²) in [5.41, 5.74) is 7.43. The van der Waals surface area contributed by atoms with Gasteiger partial charge in [0.15, 0.2) is 11.7 Å². The molecule has 0 atom stereocenters. The fraction of sp³-hybridized carbons (Fsp3) is 0.0870. The van der Waals surface area contributed by atoms with Gasteiger partial charge >= 0.3 is 0 Å². The summed E-state index contributed by atoms with van der Waals surface area (Å²) in [6.07, 6.45) is 0. The number of thiocarbonyl (C=S) groups is 1. The minimum absolute atomic E-state index is 0.0404. The molecule has 7 nitrogen and oxygen atoms in total. The summed E-state index contributed by atoms with van der Waals surface area (Å²) in [5.74, 6) is 0.370. The summed E-state index contributed by atoms with van der Waals surface area (Å²) in [6.45, 7) is -0.217. The van der Waals surface area contributed by atoms with Crippen molar-refractivity contribution in [1.82, 2.24) is 16.2 Å². The van der Waals surface area contributed by atoms with E-state index in [0.29, 0.717) is 17.1 Å². The lowest BCUT2D eigenvalue weighted by Gasteiger charge is -2.12. The highest BCUT2D eigenvalue weighted by Crippen LogP contribution is 2.22. The van der Waals surface area contributed by atoms with Gasteiger partial charge < -0.3 is 9.47 Å². The minimum Gasteiger partial charge on any atom is -0.496 e. The summed E-state index contributed by atoms with van der Waals surface area (Å²) < 4.78 is 11.4. The van der Waals surface area contributed by atoms with E-state index in [-0.39, 0.29) is 11.7 Å². The van der Waals surface area contributed by atoms with E-state index in [9.17, 15) is 9.59 Å². The lowest BCUT2D eigenvalue weighted by atomic mass is 10.1. The monoisotopic (exact) mass is 561 g/mol. The van der Waals surface area contributed by atoms with Crippen molar-refractivity contribution in [3.63, 3.8) is 0 Å². The third kappa shape index (κ3) is 6.66. The Balaban J connectivity index is 1.42. The molecule has 0 saturated heterocycles. The van der Waals surface area contributed by atoms with Crippen LogP contribution in [0.3, 0.4) is 0 Å². The molecular weight excluding hydrogens is 541 g/mol. The zero-order chi connectivity index (χ0) is 22.9. The van der Waals surface area contributed by atoms with Crippen LogP contribution in [0, 0.1) is 3.57 Å². The Morgan fingerprint density at radius 1 is 0.938 bits per heavy atom. The van der Waals surface area contributed by atoms with Crippen LogP contribution in [0.2, 0.25) is 0 Å². The van der Waals surface area contributed by atoms with Gasteiger partial charge in [0.25, 0.3) is 11.8 Å². The van der Waals surface area contributed by atoms with E-state index in [1.54, 1.807) is 37.4 Å². The van der Waals surface area contributed by atoms with E-state index in [4.69, 9.17) is 21.7 Å². The van der Waals surface area contributed by atoms with Crippen LogP contribution in [0.4, 0.5) is 0 Å². The predicted molar refractivity (Wildman–Crippen MR) is 134 cm³/mol. The molecule has 3 aromatic rings. The molecule has 2 amide bonds. The van der Waals surface area contributed by atoms with Gasteiger partial charge in [-0.1, -0.05) is 42.5 Å². The molecule has 0 spiro atoms. The van der Waals surface area contributed by atoms with Crippen molar-refractivity contribution in [2.75, 3.05) is 13.7 Å². The number of ether oxygens (including phenoxy) is 2. The van der Waals surface area contributed by atoms with Crippen LogP contribution in [0.5, 0.6) is 11.5 Å². The van der Waals surface area contributed by atoms with Crippen molar-refractivity contribution in [1.29, 1.82) is 0 Å². The highest BCUT2D eigenvalue weighted by Gasteiger charge is 2.11. The number of hydrogen-bond acceptors (Lipinski definition) is 5. The maximum Gasteiger partial charge on any atom is 0.276 e. The lowest BCUT2D eigenvalue weighted by Crippen LogP contribution is -2.49. The number of hydrogen-bond donors (Lipinski definition) is 3. The van der Waals surface area contributed by atoms with Crippen LogP contribution < -0.4 is 25.6 Å². The molecule has 3 N–H and O–H groups in total. The molecule has 0 aliphatic carbocycles. The molecule has 9 heteroatoms. The fourth-order valence-electron chi connectivity index (χ4n) is 2.70. The van der Waals surface area contributed by atoms with Gasteiger partial charge in [0.05, 0.1) is 10.7 Å². The zero-order valence-corrected chi connectivity index (χ0v) is 20.0. The van der Waals surface area contributed by atoms with Crippen molar-refractivity contribution in [2.45, 2.75) is 0 Å². The third-order valence-corrected chi connectivity index (χ3v) is 5.34. The number of rotatable bonds is 6.